The van der Waals surface area contributed by atoms with Crippen LogP contribution in [0.25, 0.3) is 0 Å². The molecule has 1 atom stereocenters. The lowest BCUT2D eigenvalue weighted by Gasteiger charge is -2.19. The Morgan fingerprint density at radius 2 is 1.75 bits per heavy atom. The fourth-order valence-electron chi connectivity index (χ4n) is 2.34. The van der Waals surface area contributed by atoms with Crippen molar-refractivity contribution < 1.29 is 4.39 Å². The van der Waals surface area contributed by atoms with Crippen LogP contribution in [0.15, 0.2) is 42.5 Å². The summed E-state index contributed by atoms with van der Waals surface area (Å²) in [6, 6.07) is 14.1. The SMILES string of the molecule is CCc1ccc(C(CC)Nc2ccc(F)c(C)c2)cc1. The van der Waals surface area contributed by atoms with Crippen LogP contribution in [0.2, 0.25) is 0 Å². The van der Waals surface area contributed by atoms with Gasteiger partial charge in [-0.15, -0.1) is 0 Å². The average Bonchev–Trinajstić information content (AvgIpc) is 2.48. The second kappa shape index (κ2) is 6.56. The molecule has 1 unspecified atom stereocenters. The van der Waals surface area contributed by atoms with Gasteiger partial charge in [0.05, 0.1) is 6.04 Å². The van der Waals surface area contributed by atoms with Gasteiger partial charge in [-0.2, -0.15) is 0 Å². The first-order chi connectivity index (χ1) is 9.63. The van der Waals surface area contributed by atoms with Gasteiger partial charge in [0, 0.05) is 5.69 Å². The number of rotatable bonds is 5. The maximum absolute atomic E-state index is 13.3. The molecule has 0 bridgehead atoms. The molecule has 1 nitrogen and oxygen atoms in total. The Kier molecular flexibility index (Phi) is 4.78. The number of nitrogens with one attached hydrogen (secondary N) is 1. The highest BCUT2D eigenvalue weighted by molar-refractivity contribution is 5.48. The minimum atomic E-state index is -0.157. The van der Waals surface area contributed by atoms with E-state index in [0.717, 1.165) is 18.5 Å². The molecule has 0 spiro atoms. The van der Waals surface area contributed by atoms with Crippen molar-refractivity contribution in [3.05, 3.63) is 65.0 Å². The van der Waals surface area contributed by atoms with E-state index in [9.17, 15) is 4.39 Å². The maximum atomic E-state index is 13.3. The van der Waals surface area contributed by atoms with E-state index >= 15 is 0 Å². The second-order valence-electron chi connectivity index (χ2n) is 5.16. The molecule has 0 aromatic heterocycles. The van der Waals surface area contributed by atoms with Crippen molar-refractivity contribution in [1.29, 1.82) is 0 Å². The van der Waals surface area contributed by atoms with Crippen molar-refractivity contribution in [2.24, 2.45) is 0 Å². The molecular weight excluding hydrogens is 249 g/mol. The molecule has 0 heterocycles. The number of benzene rings is 2. The number of halogens is 1. The smallest absolute Gasteiger partial charge is 0.126 e. The van der Waals surface area contributed by atoms with Gasteiger partial charge >= 0.3 is 0 Å². The van der Waals surface area contributed by atoms with E-state index in [4.69, 9.17) is 0 Å². The Balaban J connectivity index is 2.16. The van der Waals surface area contributed by atoms with Crippen molar-refractivity contribution in [3.8, 4) is 0 Å². The Hall–Kier alpha value is -1.83. The summed E-state index contributed by atoms with van der Waals surface area (Å²) >= 11 is 0. The van der Waals surface area contributed by atoms with Crippen molar-refractivity contribution >= 4 is 5.69 Å². The fourth-order valence-corrected chi connectivity index (χ4v) is 2.34. The number of aryl methyl sites for hydroxylation is 2. The lowest BCUT2D eigenvalue weighted by atomic mass is 10.0. The highest BCUT2D eigenvalue weighted by atomic mass is 19.1. The second-order valence-corrected chi connectivity index (χ2v) is 5.16. The zero-order chi connectivity index (χ0) is 14.5. The molecule has 0 saturated heterocycles. The summed E-state index contributed by atoms with van der Waals surface area (Å²) in [7, 11) is 0. The average molecular weight is 271 g/mol. The number of hydrogen-bond acceptors (Lipinski definition) is 1. The summed E-state index contributed by atoms with van der Waals surface area (Å²) in [5.41, 5.74) is 4.26. The van der Waals surface area contributed by atoms with Crippen LogP contribution in [0.3, 0.4) is 0 Å². The number of hydrogen-bond donors (Lipinski definition) is 1. The van der Waals surface area contributed by atoms with Crippen LogP contribution in [0.5, 0.6) is 0 Å². The van der Waals surface area contributed by atoms with Gasteiger partial charge in [-0.25, -0.2) is 4.39 Å². The van der Waals surface area contributed by atoms with E-state index in [1.807, 2.05) is 6.07 Å². The van der Waals surface area contributed by atoms with E-state index < -0.39 is 0 Å². The third-order valence-electron chi connectivity index (χ3n) is 3.70. The van der Waals surface area contributed by atoms with E-state index in [2.05, 4.69) is 43.4 Å². The van der Waals surface area contributed by atoms with Crippen molar-refractivity contribution in [1.82, 2.24) is 0 Å². The first-order valence-electron chi connectivity index (χ1n) is 7.25. The summed E-state index contributed by atoms with van der Waals surface area (Å²) in [4.78, 5) is 0. The molecule has 0 radical (unpaired) electrons. The van der Waals surface area contributed by atoms with E-state index in [1.165, 1.54) is 17.2 Å². The first-order valence-corrected chi connectivity index (χ1v) is 7.25. The molecule has 2 aromatic carbocycles. The van der Waals surface area contributed by atoms with Gasteiger partial charge in [0.2, 0.25) is 0 Å². The lowest BCUT2D eigenvalue weighted by molar-refractivity contribution is 0.618. The Morgan fingerprint density at radius 1 is 1.05 bits per heavy atom. The minimum Gasteiger partial charge on any atom is -0.378 e. The molecule has 0 amide bonds. The summed E-state index contributed by atoms with van der Waals surface area (Å²) in [6.07, 6.45) is 2.05. The van der Waals surface area contributed by atoms with Gasteiger partial charge in [-0.05, 0) is 54.7 Å². The highest BCUT2D eigenvalue weighted by Gasteiger charge is 2.09. The van der Waals surface area contributed by atoms with Crippen LogP contribution < -0.4 is 5.32 Å². The van der Waals surface area contributed by atoms with E-state index in [-0.39, 0.29) is 11.9 Å². The minimum absolute atomic E-state index is 0.157. The molecule has 0 saturated carbocycles. The summed E-state index contributed by atoms with van der Waals surface area (Å²) in [6.45, 7) is 6.10. The predicted molar refractivity (Wildman–Crippen MR) is 83.6 cm³/mol. The highest BCUT2D eigenvalue weighted by Crippen LogP contribution is 2.24. The molecule has 1 N–H and O–H groups in total. The van der Waals surface area contributed by atoms with Crippen LogP contribution in [0.1, 0.15) is 43.0 Å². The fraction of sp³-hybridized carbons (Fsp3) is 0.333. The van der Waals surface area contributed by atoms with E-state index in [1.54, 1.807) is 13.0 Å². The summed E-state index contributed by atoms with van der Waals surface area (Å²) < 4.78 is 13.3. The largest absolute Gasteiger partial charge is 0.378 e. The van der Waals surface area contributed by atoms with Gasteiger partial charge in [-0.1, -0.05) is 38.1 Å². The Bertz CT molecular complexity index is 560. The number of anilines is 1. The predicted octanol–water partition coefficient (Wildman–Crippen LogP) is 5.26. The summed E-state index contributed by atoms with van der Waals surface area (Å²) in [5.74, 6) is -0.157. The molecule has 0 aliphatic heterocycles. The quantitative estimate of drug-likeness (QED) is 0.782. The normalized spacial score (nSPS) is 12.2. The monoisotopic (exact) mass is 271 g/mol. The van der Waals surface area contributed by atoms with Crippen molar-refractivity contribution in [3.63, 3.8) is 0 Å². The molecule has 0 aliphatic carbocycles. The summed E-state index contributed by atoms with van der Waals surface area (Å²) in [5, 5.41) is 3.48. The van der Waals surface area contributed by atoms with Crippen LogP contribution in [-0.4, -0.2) is 0 Å². The molecule has 0 aliphatic rings. The zero-order valence-electron chi connectivity index (χ0n) is 12.4. The van der Waals surface area contributed by atoms with E-state index in [0.29, 0.717) is 5.56 Å². The van der Waals surface area contributed by atoms with Crippen molar-refractivity contribution in [2.45, 2.75) is 39.7 Å². The molecule has 106 valence electrons. The molecule has 20 heavy (non-hydrogen) atoms. The lowest BCUT2D eigenvalue weighted by Crippen LogP contribution is -2.10. The van der Waals surface area contributed by atoms with Crippen LogP contribution in [0, 0.1) is 12.7 Å². The Labute approximate surface area is 120 Å². The third kappa shape index (κ3) is 3.38. The van der Waals surface area contributed by atoms with Gasteiger partial charge in [0.25, 0.3) is 0 Å². The molecular formula is C18H22FN. The van der Waals surface area contributed by atoms with Gasteiger partial charge < -0.3 is 5.32 Å². The molecule has 2 heteroatoms. The van der Waals surface area contributed by atoms with Gasteiger partial charge in [0.15, 0.2) is 0 Å². The van der Waals surface area contributed by atoms with Crippen LogP contribution in [-0.2, 0) is 6.42 Å². The maximum Gasteiger partial charge on any atom is 0.126 e. The molecule has 2 aromatic rings. The zero-order valence-corrected chi connectivity index (χ0v) is 12.4. The van der Waals surface area contributed by atoms with Gasteiger partial charge in [-0.3, -0.25) is 0 Å². The standard InChI is InChI=1S/C18H22FN/c1-4-14-6-8-15(9-7-14)18(5-2)20-16-10-11-17(19)13(3)12-16/h6-12,18,20H,4-5H2,1-3H3. The Morgan fingerprint density at radius 3 is 2.30 bits per heavy atom. The first kappa shape index (κ1) is 14.6. The van der Waals surface area contributed by atoms with Crippen LogP contribution >= 0.6 is 0 Å². The topological polar surface area (TPSA) is 12.0 Å². The third-order valence-corrected chi connectivity index (χ3v) is 3.70. The van der Waals surface area contributed by atoms with Crippen molar-refractivity contribution in [2.75, 3.05) is 5.32 Å². The van der Waals surface area contributed by atoms with Gasteiger partial charge in [0.1, 0.15) is 5.82 Å². The molecule has 0 fully saturated rings. The van der Waals surface area contributed by atoms with Crippen LogP contribution in [0.4, 0.5) is 10.1 Å². The molecule has 2 rings (SSSR count).